The first-order chi connectivity index (χ1) is 13.6. The van der Waals surface area contributed by atoms with E-state index in [1.165, 1.54) is 36.6 Å². The largest absolute Gasteiger partial charge is 0.341 e. The number of amides is 1. The number of aryl methyl sites for hydroxylation is 1. The minimum atomic E-state index is 0.207. The van der Waals surface area contributed by atoms with Crippen LogP contribution in [-0.2, 0) is 4.79 Å². The lowest BCUT2D eigenvalue weighted by Crippen LogP contribution is -2.43. The number of hydrogen-bond donors (Lipinski definition) is 0. The lowest BCUT2D eigenvalue weighted by atomic mass is 10.0. The first-order valence-corrected chi connectivity index (χ1v) is 11.3. The molecule has 2 fully saturated rings. The van der Waals surface area contributed by atoms with Gasteiger partial charge in [0.1, 0.15) is 0 Å². The van der Waals surface area contributed by atoms with Gasteiger partial charge in [-0.05, 0) is 58.1 Å². The first-order valence-electron chi connectivity index (χ1n) is 10.3. The molecule has 2 aromatic rings. The molecule has 1 aromatic heterocycles. The predicted molar refractivity (Wildman–Crippen MR) is 113 cm³/mol. The molecule has 0 radical (unpaired) electrons. The number of likely N-dealkylation sites (tertiary alicyclic amines) is 1. The van der Waals surface area contributed by atoms with E-state index >= 15 is 0 Å². The van der Waals surface area contributed by atoms with Gasteiger partial charge >= 0.3 is 0 Å². The standard InChI is InChI=1S/C21H29N5OS/c1-16-8-10-18(11-9-16)26-20(24-12-5-6-13-24)22-23-21(26)28-15-19(27)25-14-4-3-7-17(25)2/h8-11,17H,3-7,12-15H2,1-2H3. The summed E-state index contributed by atoms with van der Waals surface area (Å²) in [6, 6.07) is 8.78. The summed E-state index contributed by atoms with van der Waals surface area (Å²) < 4.78 is 2.11. The number of thioether (sulfide) groups is 1. The number of hydrogen-bond acceptors (Lipinski definition) is 5. The summed E-state index contributed by atoms with van der Waals surface area (Å²) in [6.45, 7) is 7.15. The van der Waals surface area contributed by atoms with Gasteiger partial charge in [-0.15, -0.1) is 10.2 Å². The number of piperidine rings is 1. The zero-order chi connectivity index (χ0) is 19.5. The Morgan fingerprint density at radius 1 is 1.07 bits per heavy atom. The van der Waals surface area contributed by atoms with Crippen LogP contribution in [0.3, 0.4) is 0 Å². The third-order valence-corrected chi connectivity index (χ3v) is 6.66. The molecular formula is C21H29N5OS. The van der Waals surface area contributed by atoms with Crippen LogP contribution in [0.4, 0.5) is 5.95 Å². The fourth-order valence-electron chi connectivity index (χ4n) is 4.08. The van der Waals surface area contributed by atoms with Crippen LogP contribution in [0, 0.1) is 6.92 Å². The van der Waals surface area contributed by atoms with Crippen molar-refractivity contribution in [1.82, 2.24) is 19.7 Å². The van der Waals surface area contributed by atoms with Crippen LogP contribution in [0.5, 0.6) is 0 Å². The van der Waals surface area contributed by atoms with Gasteiger partial charge in [0.05, 0.1) is 11.4 Å². The number of aromatic nitrogens is 3. The smallest absolute Gasteiger partial charge is 0.233 e. The number of benzene rings is 1. The highest BCUT2D eigenvalue weighted by Crippen LogP contribution is 2.29. The van der Waals surface area contributed by atoms with E-state index in [1.54, 1.807) is 0 Å². The zero-order valence-corrected chi connectivity index (χ0v) is 17.6. The molecule has 1 atom stereocenters. The molecule has 4 rings (SSSR count). The van der Waals surface area contributed by atoms with Crippen LogP contribution in [0.15, 0.2) is 29.4 Å². The first kappa shape index (κ1) is 19.3. The molecule has 0 spiro atoms. The lowest BCUT2D eigenvalue weighted by molar-refractivity contribution is -0.131. The Balaban J connectivity index is 1.56. The minimum Gasteiger partial charge on any atom is -0.341 e. The van der Waals surface area contributed by atoms with E-state index < -0.39 is 0 Å². The van der Waals surface area contributed by atoms with Crippen molar-refractivity contribution in [3.05, 3.63) is 29.8 Å². The molecule has 2 aliphatic heterocycles. The number of anilines is 1. The van der Waals surface area contributed by atoms with E-state index in [-0.39, 0.29) is 5.91 Å². The maximum Gasteiger partial charge on any atom is 0.233 e. The van der Waals surface area contributed by atoms with Crippen LogP contribution >= 0.6 is 11.8 Å². The molecule has 0 saturated carbocycles. The van der Waals surface area contributed by atoms with Gasteiger partial charge in [0, 0.05) is 25.7 Å². The van der Waals surface area contributed by atoms with Crippen LogP contribution in [0.2, 0.25) is 0 Å². The van der Waals surface area contributed by atoms with E-state index in [0.29, 0.717) is 11.8 Å². The molecular weight excluding hydrogens is 370 g/mol. The maximum absolute atomic E-state index is 12.8. The third-order valence-electron chi connectivity index (χ3n) is 5.75. The van der Waals surface area contributed by atoms with Gasteiger partial charge < -0.3 is 9.80 Å². The second-order valence-corrected chi connectivity index (χ2v) is 8.81. The molecule has 7 heteroatoms. The molecule has 0 aliphatic carbocycles. The highest BCUT2D eigenvalue weighted by molar-refractivity contribution is 7.99. The Bertz CT molecular complexity index is 813. The van der Waals surface area contributed by atoms with E-state index in [0.717, 1.165) is 49.3 Å². The molecule has 0 bridgehead atoms. The monoisotopic (exact) mass is 399 g/mol. The average Bonchev–Trinajstić information content (AvgIpc) is 3.37. The van der Waals surface area contributed by atoms with Crippen LogP contribution in [0.1, 0.15) is 44.6 Å². The molecule has 2 aliphatic rings. The SMILES string of the molecule is Cc1ccc(-n2c(SCC(=O)N3CCCCC3C)nnc2N2CCCC2)cc1. The van der Waals surface area contributed by atoms with Crippen molar-refractivity contribution in [2.24, 2.45) is 0 Å². The van der Waals surface area contributed by atoms with E-state index in [9.17, 15) is 4.79 Å². The molecule has 6 nitrogen and oxygen atoms in total. The van der Waals surface area contributed by atoms with E-state index in [2.05, 4.69) is 57.8 Å². The second-order valence-electron chi connectivity index (χ2n) is 7.87. The zero-order valence-electron chi connectivity index (χ0n) is 16.8. The second kappa shape index (κ2) is 8.55. The number of carbonyl (C=O) groups excluding carboxylic acids is 1. The molecule has 3 heterocycles. The Hall–Kier alpha value is -2.02. The average molecular weight is 400 g/mol. The van der Waals surface area contributed by atoms with Crippen molar-refractivity contribution >= 4 is 23.6 Å². The summed E-state index contributed by atoms with van der Waals surface area (Å²) in [6.07, 6.45) is 5.82. The van der Waals surface area contributed by atoms with Gasteiger partial charge in [-0.25, -0.2) is 0 Å². The number of rotatable bonds is 5. The topological polar surface area (TPSA) is 54.3 Å². The van der Waals surface area contributed by atoms with Crippen molar-refractivity contribution in [2.45, 2.75) is 57.1 Å². The van der Waals surface area contributed by atoms with Gasteiger partial charge in [-0.2, -0.15) is 0 Å². The highest BCUT2D eigenvalue weighted by atomic mass is 32.2. The van der Waals surface area contributed by atoms with Gasteiger partial charge in [0.15, 0.2) is 5.16 Å². The molecule has 150 valence electrons. The van der Waals surface area contributed by atoms with Crippen molar-refractivity contribution in [1.29, 1.82) is 0 Å². The highest BCUT2D eigenvalue weighted by Gasteiger charge is 2.26. The quantitative estimate of drug-likeness (QED) is 0.718. The predicted octanol–water partition coefficient (Wildman–Crippen LogP) is 3.67. The van der Waals surface area contributed by atoms with Crippen molar-refractivity contribution < 1.29 is 4.79 Å². The lowest BCUT2D eigenvalue weighted by Gasteiger charge is -2.33. The maximum atomic E-state index is 12.8. The third kappa shape index (κ3) is 4.04. The summed E-state index contributed by atoms with van der Waals surface area (Å²) in [5.74, 6) is 1.51. The van der Waals surface area contributed by atoms with Crippen molar-refractivity contribution in [3.8, 4) is 5.69 Å². The number of carbonyl (C=O) groups is 1. The van der Waals surface area contributed by atoms with Crippen LogP contribution in [-0.4, -0.2) is 57.0 Å². The molecule has 1 unspecified atom stereocenters. The molecule has 1 aromatic carbocycles. The Morgan fingerprint density at radius 3 is 2.50 bits per heavy atom. The normalized spacial score (nSPS) is 20.0. The Kier molecular flexibility index (Phi) is 5.90. The fourth-order valence-corrected chi connectivity index (χ4v) is 4.91. The summed E-state index contributed by atoms with van der Waals surface area (Å²) >= 11 is 1.50. The Morgan fingerprint density at radius 2 is 1.79 bits per heavy atom. The molecule has 0 N–H and O–H groups in total. The van der Waals surface area contributed by atoms with Gasteiger partial charge in [-0.3, -0.25) is 9.36 Å². The van der Waals surface area contributed by atoms with Gasteiger partial charge in [0.2, 0.25) is 11.9 Å². The van der Waals surface area contributed by atoms with Gasteiger partial charge in [-0.1, -0.05) is 29.5 Å². The van der Waals surface area contributed by atoms with Crippen LogP contribution < -0.4 is 4.90 Å². The summed E-state index contributed by atoms with van der Waals surface area (Å²) in [5, 5.41) is 9.75. The molecule has 2 saturated heterocycles. The number of nitrogens with zero attached hydrogens (tertiary/aromatic N) is 5. The fraction of sp³-hybridized carbons (Fsp3) is 0.571. The molecule has 28 heavy (non-hydrogen) atoms. The van der Waals surface area contributed by atoms with Crippen molar-refractivity contribution in [3.63, 3.8) is 0 Å². The van der Waals surface area contributed by atoms with E-state index in [4.69, 9.17) is 0 Å². The van der Waals surface area contributed by atoms with Crippen molar-refractivity contribution in [2.75, 3.05) is 30.3 Å². The van der Waals surface area contributed by atoms with Crippen LogP contribution in [0.25, 0.3) is 5.69 Å². The molecule has 1 amide bonds. The van der Waals surface area contributed by atoms with E-state index in [1.807, 2.05) is 4.90 Å². The van der Waals surface area contributed by atoms with Gasteiger partial charge in [0.25, 0.3) is 0 Å². The minimum absolute atomic E-state index is 0.207. The summed E-state index contributed by atoms with van der Waals surface area (Å²) in [4.78, 5) is 17.1. The Labute approximate surface area is 171 Å². The summed E-state index contributed by atoms with van der Waals surface area (Å²) in [7, 11) is 0. The summed E-state index contributed by atoms with van der Waals surface area (Å²) in [5.41, 5.74) is 2.28.